The minimum Gasteiger partial charge on any atom is -0.349 e. The average Bonchev–Trinajstić information content (AvgIpc) is 2.97. The molecule has 2 aliphatic rings. The molecule has 1 atom stereocenters. The highest BCUT2D eigenvalue weighted by Gasteiger charge is 2.28. The Balaban J connectivity index is 1.48. The summed E-state index contributed by atoms with van der Waals surface area (Å²) in [5, 5.41) is 4.29. The van der Waals surface area contributed by atoms with E-state index in [1.165, 1.54) is 38.4 Å². The first-order valence-corrected chi connectivity index (χ1v) is 16.7. The second-order valence-electron chi connectivity index (χ2n) is 11.6. The summed E-state index contributed by atoms with van der Waals surface area (Å²) < 4.78 is 23.3. The maximum absolute atomic E-state index is 14.2. The predicted octanol–water partition coefficient (Wildman–Crippen LogP) is 4.76. The van der Waals surface area contributed by atoms with Gasteiger partial charge in [0, 0.05) is 68.1 Å². The Morgan fingerprint density at radius 3 is 2.30 bits per heavy atom. The predicted molar refractivity (Wildman–Crippen MR) is 162 cm³/mol. The lowest BCUT2D eigenvalue weighted by Gasteiger charge is -2.35. The standard InChI is InChI=1S/C32H42N4O3S/c1-24(25-11-5-3-6-12-25)33-32(37)30-27-15-9-10-16-29(27)34-31(26-13-7-4-8-14-26)28(30)23-36-19-17-35(18-20-36)21-22-40(2,38)39/h4,7-10,13-16,24-25H,3,5-6,11-12,17-23H2,1-2H3,(H,33,37)/t24-/m0/s1. The lowest BCUT2D eigenvalue weighted by atomic mass is 9.84. The fourth-order valence-electron chi connectivity index (χ4n) is 6.22. The molecule has 1 saturated heterocycles. The number of aromatic nitrogens is 1. The van der Waals surface area contributed by atoms with E-state index in [1.54, 1.807) is 0 Å². The van der Waals surface area contributed by atoms with Crippen molar-refractivity contribution in [3.05, 3.63) is 65.7 Å². The van der Waals surface area contributed by atoms with E-state index >= 15 is 0 Å². The van der Waals surface area contributed by atoms with Crippen LogP contribution in [0.4, 0.5) is 0 Å². The van der Waals surface area contributed by atoms with E-state index in [2.05, 4.69) is 34.2 Å². The molecule has 2 heterocycles. The largest absolute Gasteiger partial charge is 0.349 e. The van der Waals surface area contributed by atoms with Gasteiger partial charge in [-0.15, -0.1) is 0 Å². The number of sulfone groups is 1. The zero-order chi connectivity index (χ0) is 28.1. The number of carbonyl (C=O) groups is 1. The molecule has 0 radical (unpaired) electrons. The topological polar surface area (TPSA) is 82.6 Å². The highest BCUT2D eigenvalue weighted by molar-refractivity contribution is 7.90. The lowest BCUT2D eigenvalue weighted by Crippen LogP contribution is -2.47. The Morgan fingerprint density at radius 1 is 0.950 bits per heavy atom. The summed E-state index contributed by atoms with van der Waals surface area (Å²) in [6, 6.07) is 18.3. The average molecular weight is 563 g/mol. The monoisotopic (exact) mass is 562 g/mol. The fourth-order valence-corrected chi connectivity index (χ4v) is 6.81. The molecule has 8 heteroatoms. The van der Waals surface area contributed by atoms with Crippen LogP contribution in [0.15, 0.2) is 54.6 Å². The highest BCUT2D eigenvalue weighted by Crippen LogP contribution is 2.32. The smallest absolute Gasteiger partial charge is 0.252 e. The number of rotatable bonds is 9. The van der Waals surface area contributed by atoms with Crippen molar-refractivity contribution < 1.29 is 13.2 Å². The first-order chi connectivity index (χ1) is 19.3. The van der Waals surface area contributed by atoms with Crippen LogP contribution in [-0.4, -0.2) is 79.9 Å². The van der Waals surface area contributed by atoms with Gasteiger partial charge in [0.2, 0.25) is 0 Å². The van der Waals surface area contributed by atoms with Gasteiger partial charge in [0.15, 0.2) is 0 Å². The molecule has 3 aromatic rings. The van der Waals surface area contributed by atoms with Crippen LogP contribution < -0.4 is 5.32 Å². The molecule has 1 aliphatic carbocycles. The Labute approximate surface area is 238 Å². The third-order valence-corrected chi connectivity index (χ3v) is 9.53. The van der Waals surface area contributed by atoms with Crippen molar-refractivity contribution in [1.82, 2.24) is 20.1 Å². The van der Waals surface area contributed by atoms with Gasteiger partial charge in [0.05, 0.1) is 22.5 Å². The zero-order valence-electron chi connectivity index (χ0n) is 23.8. The van der Waals surface area contributed by atoms with Gasteiger partial charge in [-0.3, -0.25) is 14.6 Å². The number of pyridine rings is 1. The quantitative estimate of drug-likeness (QED) is 0.405. The van der Waals surface area contributed by atoms with Crippen LogP contribution in [-0.2, 0) is 16.4 Å². The fraction of sp³-hybridized carbons (Fsp3) is 0.500. The van der Waals surface area contributed by atoms with Crippen molar-refractivity contribution >= 4 is 26.6 Å². The van der Waals surface area contributed by atoms with E-state index in [-0.39, 0.29) is 17.7 Å². The maximum atomic E-state index is 14.2. The number of piperazine rings is 1. The van der Waals surface area contributed by atoms with Gasteiger partial charge in [-0.25, -0.2) is 13.4 Å². The van der Waals surface area contributed by atoms with Crippen molar-refractivity contribution in [1.29, 1.82) is 0 Å². The van der Waals surface area contributed by atoms with E-state index < -0.39 is 9.84 Å². The van der Waals surface area contributed by atoms with Gasteiger partial charge in [0.25, 0.3) is 5.91 Å². The van der Waals surface area contributed by atoms with Crippen LogP contribution in [0.1, 0.15) is 54.9 Å². The van der Waals surface area contributed by atoms with E-state index in [0.717, 1.165) is 59.5 Å². The van der Waals surface area contributed by atoms with Gasteiger partial charge < -0.3 is 5.32 Å². The molecule has 1 aromatic heterocycles. The minimum atomic E-state index is -2.98. The molecule has 5 rings (SSSR count). The molecule has 2 aromatic carbocycles. The summed E-state index contributed by atoms with van der Waals surface area (Å²) in [6.07, 6.45) is 7.40. The Kier molecular flexibility index (Phi) is 9.18. The van der Waals surface area contributed by atoms with Crippen molar-refractivity contribution in [3.8, 4) is 11.3 Å². The second-order valence-corrected chi connectivity index (χ2v) is 13.9. The summed E-state index contributed by atoms with van der Waals surface area (Å²) in [6.45, 7) is 6.56. The Bertz CT molecular complexity index is 1410. The number of fused-ring (bicyclic) bond motifs is 1. The summed E-state index contributed by atoms with van der Waals surface area (Å²) in [4.78, 5) is 23.9. The van der Waals surface area contributed by atoms with Crippen molar-refractivity contribution in [2.45, 2.75) is 51.6 Å². The molecule has 0 unspecified atom stereocenters. The Morgan fingerprint density at radius 2 is 1.60 bits per heavy atom. The van der Waals surface area contributed by atoms with Gasteiger partial charge in [-0.2, -0.15) is 0 Å². The molecule has 214 valence electrons. The molecule has 0 spiro atoms. The Hall–Kier alpha value is -2.81. The number of amides is 1. The summed E-state index contributed by atoms with van der Waals surface area (Å²) in [7, 11) is -2.98. The number of benzene rings is 2. The molecule has 0 bridgehead atoms. The number of hydrogen-bond acceptors (Lipinski definition) is 6. The molecule has 1 amide bonds. The molecule has 1 aliphatic heterocycles. The van der Waals surface area contributed by atoms with Crippen LogP contribution in [0.2, 0.25) is 0 Å². The summed E-state index contributed by atoms with van der Waals surface area (Å²) >= 11 is 0. The van der Waals surface area contributed by atoms with E-state index in [4.69, 9.17) is 4.98 Å². The van der Waals surface area contributed by atoms with Crippen LogP contribution >= 0.6 is 0 Å². The van der Waals surface area contributed by atoms with Crippen LogP contribution in [0.5, 0.6) is 0 Å². The third kappa shape index (κ3) is 7.09. The van der Waals surface area contributed by atoms with E-state index in [9.17, 15) is 13.2 Å². The first kappa shape index (κ1) is 28.7. The normalized spacial score (nSPS) is 18.6. The number of carbonyl (C=O) groups excluding carboxylic acids is 1. The van der Waals surface area contributed by atoms with E-state index in [1.807, 2.05) is 42.5 Å². The zero-order valence-corrected chi connectivity index (χ0v) is 24.6. The molecule has 40 heavy (non-hydrogen) atoms. The minimum absolute atomic E-state index is 0.0179. The number of hydrogen-bond donors (Lipinski definition) is 1. The summed E-state index contributed by atoms with van der Waals surface area (Å²) in [5.74, 6) is 0.682. The van der Waals surface area contributed by atoms with Crippen molar-refractivity contribution in [2.24, 2.45) is 5.92 Å². The SMILES string of the molecule is C[C@H](NC(=O)c1c(CN2CCN(CCS(C)(=O)=O)CC2)c(-c2ccccc2)nc2ccccc12)C1CCCCC1. The number of nitrogens with zero attached hydrogens (tertiary/aromatic N) is 3. The van der Waals surface area contributed by atoms with Gasteiger partial charge in [-0.1, -0.05) is 67.8 Å². The molecule has 7 nitrogen and oxygen atoms in total. The molecule has 1 N–H and O–H groups in total. The van der Waals surface area contributed by atoms with Gasteiger partial charge in [0.1, 0.15) is 9.84 Å². The van der Waals surface area contributed by atoms with Gasteiger partial charge >= 0.3 is 0 Å². The molecule has 1 saturated carbocycles. The molecular weight excluding hydrogens is 520 g/mol. The van der Waals surface area contributed by atoms with Crippen LogP contribution in [0.3, 0.4) is 0 Å². The first-order valence-electron chi connectivity index (χ1n) is 14.7. The van der Waals surface area contributed by atoms with Crippen LogP contribution in [0, 0.1) is 5.92 Å². The van der Waals surface area contributed by atoms with Crippen molar-refractivity contribution in [2.75, 3.05) is 44.7 Å². The molecular formula is C32H42N4O3S. The molecule has 2 fully saturated rings. The van der Waals surface area contributed by atoms with Crippen LogP contribution in [0.25, 0.3) is 22.2 Å². The lowest BCUT2D eigenvalue weighted by molar-refractivity contribution is 0.0916. The number of nitrogens with one attached hydrogen (secondary N) is 1. The number of para-hydroxylation sites is 1. The second kappa shape index (κ2) is 12.8. The van der Waals surface area contributed by atoms with Crippen molar-refractivity contribution in [3.63, 3.8) is 0 Å². The van der Waals surface area contributed by atoms with E-state index in [0.29, 0.717) is 19.0 Å². The third-order valence-electron chi connectivity index (χ3n) is 8.61. The maximum Gasteiger partial charge on any atom is 0.252 e. The highest BCUT2D eigenvalue weighted by atomic mass is 32.2. The summed E-state index contributed by atoms with van der Waals surface area (Å²) in [5.41, 5.74) is 4.37. The van der Waals surface area contributed by atoms with Gasteiger partial charge in [-0.05, 0) is 31.7 Å².